The van der Waals surface area contributed by atoms with Gasteiger partial charge in [-0.3, -0.25) is 0 Å². The Balaban J connectivity index is 1.61. The Morgan fingerprint density at radius 3 is 2.64 bits per heavy atom. The first-order chi connectivity index (χ1) is 10.9. The van der Waals surface area contributed by atoms with Crippen LogP contribution in [-0.4, -0.2) is 13.2 Å². The molecule has 0 aliphatic carbocycles. The van der Waals surface area contributed by atoms with E-state index in [1.807, 2.05) is 6.92 Å². The molecule has 22 heavy (non-hydrogen) atoms. The molecule has 3 rings (SSSR count). The van der Waals surface area contributed by atoms with Crippen LogP contribution in [0.15, 0.2) is 42.5 Å². The molecule has 116 valence electrons. The Hall–Kier alpha value is -1.84. The Morgan fingerprint density at radius 1 is 1.00 bits per heavy atom. The van der Waals surface area contributed by atoms with Crippen LogP contribution in [0.3, 0.4) is 0 Å². The molecular formula is C19H24N2O. The Morgan fingerprint density at radius 2 is 1.77 bits per heavy atom. The summed E-state index contributed by atoms with van der Waals surface area (Å²) in [6.45, 7) is 6.29. The van der Waals surface area contributed by atoms with Gasteiger partial charge in [0, 0.05) is 31.9 Å². The number of benzene rings is 2. The van der Waals surface area contributed by atoms with Crippen LogP contribution in [0.5, 0.6) is 0 Å². The molecule has 2 aromatic carbocycles. The molecule has 0 bridgehead atoms. The van der Waals surface area contributed by atoms with Gasteiger partial charge in [-0.1, -0.05) is 42.5 Å². The molecule has 3 nitrogen and oxygen atoms in total. The summed E-state index contributed by atoms with van der Waals surface area (Å²) in [6.07, 6.45) is 1.14. The molecule has 0 fully saturated rings. The molecule has 0 saturated heterocycles. The first-order valence-corrected chi connectivity index (χ1v) is 8.08. The Kier molecular flexibility index (Phi) is 5.09. The predicted molar refractivity (Wildman–Crippen MR) is 91.0 cm³/mol. The van der Waals surface area contributed by atoms with Crippen molar-refractivity contribution in [3.63, 3.8) is 0 Å². The lowest BCUT2D eigenvalue weighted by Crippen LogP contribution is -2.15. The molecule has 0 saturated carbocycles. The SMILES string of the molecule is CCOCc1ccccc1CNCc1cccc2c1NCC2. The second-order valence-corrected chi connectivity index (χ2v) is 5.64. The standard InChI is InChI=1S/C19H24N2O/c1-2-22-14-18-7-4-3-6-16(18)12-20-13-17-9-5-8-15-10-11-21-19(15)17/h3-9,20-21H,2,10-14H2,1H3. The first-order valence-electron chi connectivity index (χ1n) is 8.08. The zero-order valence-corrected chi connectivity index (χ0v) is 13.2. The lowest BCUT2D eigenvalue weighted by Gasteiger charge is -2.12. The molecule has 0 aromatic heterocycles. The van der Waals surface area contributed by atoms with Crippen LogP contribution in [0.25, 0.3) is 0 Å². The lowest BCUT2D eigenvalue weighted by molar-refractivity contribution is 0.133. The van der Waals surface area contributed by atoms with Gasteiger partial charge in [-0.15, -0.1) is 0 Å². The van der Waals surface area contributed by atoms with Gasteiger partial charge in [0.25, 0.3) is 0 Å². The fourth-order valence-electron chi connectivity index (χ4n) is 2.97. The van der Waals surface area contributed by atoms with Crippen LogP contribution >= 0.6 is 0 Å². The third-order valence-corrected chi connectivity index (χ3v) is 4.14. The van der Waals surface area contributed by atoms with Crippen LogP contribution in [-0.2, 0) is 30.9 Å². The van der Waals surface area contributed by atoms with Crippen molar-refractivity contribution in [3.05, 3.63) is 64.7 Å². The van der Waals surface area contributed by atoms with E-state index in [1.54, 1.807) is 0 Å². The predicted octanol–water partition coefficient (Wildman–Crippen LogP) is 3.48. The van der Waals surface area contributed by atoms with Crippen molar-refractivity contribution in [1.29, 1.82) is 0 Å². The van der Waals surface area contributed by atoms with E-state index < -0.39 is 0 Å². The van der Waals surface area contributed by atoms with E-state index in [0.29, 0.717) is 6.61 Å². The zero-order chi connectivity index (χ0) is 15.2. The minimum Gasteiger partial charge on any atom is -0.384 e. The van der Waals surface area contributed by atoms with Crippen molar-refractivity contribution in [1.82, 2.24) is 5.32 Å². The van der Waals surface area contributed by atoms with Gasteiger partial charge >= 0.3 is 0 Å². The third-order valence-electron chi connectivity index (χ3n) is 4.14. The molecule has 1 aliphatic rings. The third kappa shape index (κ3) is 3.49. The first kappa shape index (κ1) is 15.1. The number of ether oxygens (including phenoxy) is 1. The minimum absolute atomic E-state index is 0.691. The maximum absolute atomic E-state index is 5.55. The van der Waals surface area contributed by atoms with Crippen LogP contribution in [0.2, 0.25) is 0 Å². The van der Waals surface area contributed by atoms with E-state index in [1.165, 1.54) is 27.9 Å². The summed E-state index contributed by atoms with van der Waals surface area (Å²) < 4.78 is 5.55. The molecule has 0 radical (unpaired) electrons. The van der Waals surface area contributed by atoms with Gasteiger partial charge in [-0.05, 0) is 35.6 Å². The quantitative estimate of drug-likeness (QED) is 0.820. The van der Waals surface area contributed by atoms with Crippen LogP contribution < -0.4 is 10.6 Å². The van der Waals surface area contributed by atoms with E-state index in [0.717, 1.165) is 32.7 Å². The van der Waals surface area contributed by atoms with E-state index in [4.69, 9.17) is 4.74 Å². The number of nitrogens with one attached hydrogen (secondary N) is 2. The highest BCUT2D eigenvalue weighted by Crippen LogP contribution is 2.26. The number of fused-ring (bicyclic) bond motifs is 1. The topological polar surface area (TPSA) is 33.3 Å². The van der Waals surface area contributed by atoms with Crippen LogP contribution in [0, 0.1) is 0 Å². The maximum Gasteiger partial charge on any atom is 0.0719 e. The number of para-hydroxylation sites is 1. The second kappa shape index (κ2) is 7.43. The van der Waals surface area contributed by atoms with E-state index >= 15 is 0 Å². The zero-order valence-electron chi connectivity index (χ0n) is 13.2. The molecule has 0 atom stereocenters. The van der Waals surface area contributed by atoms with E-state index in [9.17, 15) is 0 Å². The molecule has 2 aromatic rings. The van der Waals surface area contributed by atoms with Crippen molar-refractivity contribution in [2.45, 2.75) is 33.0 Å². The van der Waals surface area contributed by atoms with Crippen LogP contribution in [0.4, 0.5) is 5.69 Å². The molecule has 0 spiro atoms. The minimum atomic E-state index is 0.691. The number of hydrogen-bond acceptors (Lipinski definition) is 3. The molecule has 1 aliphatic heterocycles. The lowest BCUT2D eigenvalue weighted by atomic mass is 10.1. The molecule has 2 N–H and O–H groups in total. The van der Waals surface area contributed by atoms with Gasteiger partial charge in [0.15, 0.2) is 0 Å². The Bertz CT molecular complexity index is 625. The second-order valence-electron chi connectivity index (χ2n) is 5.64. The summed E-state index contributed by atoms with van der Waals surface area (Å²) in [5, 5.41) is 7.07. The fourth-order valence-corrected chi connectivity index (χ4v) is 2.97. The fraction of sp³-hybridized carbons (Fsp3) is 0.368. The largest absolute Gasteiger partial charge is 0.384 e. The summed E-state index contributed by atoms with van der Waals surface area (Å²) >= 11 is 0. The summed E-state index contributed by atoms with van der Waals surface area (Å²) in [7, 11) is 0. The number of rotatable bonds is 7. The van der Waals surface area contributed by atoms with Crippen molar-refractivity contribution < 1.29 is 4.74 Å². The van der Waals surface area contributed by atoms with Gasteiger partial charge in [-0.25, -0.2) is 0 Å². The van der Waals surface area contributed by atoms with E-state index in [2.05, 4.69) is 53.1 Å². The number of hydrogen-bond donors (Lipinski definition) is 2. The van der Waals surface area contributed by atoms with E-state index in [-0.39, 0.29) is 0 Å². The average Bonchev–Trinajstić information content (AvgIpc) is 3.03. The monoisotopic (exact) mass is 296 g/mol. The summed E-state index contributed by atoms with van der Waals surface area (Å²) in [4.78, 5) is 0. The number of anilines is 1. The van der Waals surface area contributed by atoms with Gasteiger partial charge in [0.2, 0.25) is 0 Å². The van der Waals surface area contributed by atoms with Gasteiger partial charge in [0.05, 0.1) is 6.61 Å². The summed E-state index contributed by atoms with van der Waals surface area (Å²) in [5.41, 5.74) is 6.72. The van der Waals surface area contributed by atoms with Crippen molar-refractivity contribution >= 4 is 5.69 Å². The highest BCUT2D eigenvalue weighted by atomic mass is 16.5. The van der Waals surface area contributed by atoms with Crippen LogP contribution in [0.1, 0.15) is 29.2 Å². The van der Waals surface area contributed by atoms with Crippen molar-refractivity contribution in [2.24, 2.45) is 0 Å². The molecule has 3 heteroatoms. The maximum atomic E-state index is 5.55. The molecule has 0 unspecified atom stereocenters. The summed E-state index contributed by atoms with van der Waals surface area (Å²) in [6, 6.07) is 15.1. The molecular weight excluding hydrogens is 272 g/mol. The highest BCUT2D eigenvalue weighted by molar-refractivity contribution is 5.61. The highest BCUT2D eigenvalue weighted by Gasteiger charge is 2.13. The van der Waals surface area contributed by atoms with Gasteiger partial charge in [0.1, 0.15) is 0 Å². The van der Waals surface area contributed by atoms with Crippen molar-refractivity contribution in [3.8, 4) is 0 Å². The van der Waals surface area contributed by atoms with Gasteiger partial charge < -0.3 is 15.4 Å². The normalized spacial score (nSPS) is 13.0. The van der Waals surface area contributed by atoms with Crippen molar-refractivity contribution in [2.75, 3.05) is 18.5 Å². The smallest absolute Gasteiger partial charge is 0.0719 e. The molecule has 1 heterocycles. The van der Waals surface area contributed by atoms with Gasteiger partial charge in [-0.2, -0.15) is 0 Å². The average molecular weight is 296 g/mol. The Labute approximate surface area is 132 Å². The molecule has 0 amide bonds. The summed E-state index contributed by atoms with van der Waals surface area (Å²) in [5.74, 6) is 0.